The second-order valence-electron chi connectivity index (χ2n) is 8.43. The average Bonchev–Trinajstić information content (AvgIpc) is 3.21. The van der Waals surface area contributed by atoms with E-state index in [1.807, 2.05) is 20.8 Å². The maximum atomic E-state index is 13.1. The van der Waals surface area contributed by atoms with Crippen LogP contribution in [0.1, 0.15) is 41.6 Å². The Labute approximate surface area is 171 Å². The topological polar surface area (TPSA) is 139 Å². The van der Waals surface area contributed by atoms with Crippen LogP contribution in [0.4, 0.5) is 5.69 Å². The molecule has 9 heteroatoms. The summed E-state index contributed by atoms with van der Waals surface area (Å²) in [5, 5.41) is 9.99. The Kier molecular flexibility index (Phi) is 4.45. The van der Waals surface area contributed by atoms with E-state index in [0.29, 0.717) is 39.7 Å². The van der Waals surface area contributed by atoms with Crippen LogP contribution >= 0.6 is 0 Å². The van der Waals surface area contributed by atoms with Crippen LogP contribution in [0.15, 0.2) is 41.2 Å². The van der Waals surface area contributed by atoms with E-state index in [1.54, 1.807) is 41.0 Å². The van der Waals surface area contributed by atoms with Gasteiger partial charge in [-0.05, 0) is 35.7 Å². The number of nitrogens with two attached hydrogens (primary N) is 1. The van der Waals surface area contributed by atoms with Crippen molar-refractivity contribution in [1.82, 2.24) is 19.7 Å². The van der Waals surface area contributed by atoms with E-state index in [-0.39, 0.29) is 22.7 Å². The van der Waals surface area contributed by atoms with Crippen molar-refractivity contribution in [3.8, 4) is 0 Å². The number of imidazole rings is 1. The lowest BCUT2D eigenvalue weighted by atomic mass is 9.96. The Morgan fingerprint density at radius 1 is 1.17 bits per heavy atom. The zero-order valence-electron chi connectivity index (χ0n) is 16.9. The Bertz CT molecular complexity index is 1350. The van der Waals surface area contributed by atoms with Gasteiger partial charge in [-0.25, -0.2) is 4.79 Å². The molecular weight excluding hydrogens is 384 g/mol. The molecule has 2 heterocycles. The fourth-order valence-electron chi connectivity index (χ4n) is 3.51. The number of amides is 2. The van der Waals surface area contributed by atoms with Gasteiger partial charge < -0.3 is 16.0 Å². The highest BCUT2D eigenvalue weighted by Gasteiger charge is 2.21. The number of benzene rings is 2. The van der Waals surface area contributed by atoms with Crippen LogP contribution in [-0.4, -0.2) is 31.6 Å². The molecule has 0 bridgehead atoms. The number of para-hydroxylation sites is 1. The van der Waals surface area contributed by atoms with Crippen LogP contribution in [0.5, 0.6) is 0 Å². The minimum absolute atomic E-state index is 0.104. The van der Waals surface area contributed by atoms with Gasteiger partial charge >= 0.3 is 5.69 Å². The van der Waals surface area contributed by atoms with Gasteiger partial charge in [-0.2, -0.15) is 5.10 Å². The smallest absolute Gasteiger partial charge is 0.326 e. The lowest BCUT2D eigenvalue weighted by Crippen LogP contribution is -2.25. The Morgan fingerprint density at radius 3 is 2.63 bits per heavy atom. The number of aromatic amines is 2. The number of H-pyrrole nitrogens is 2. The summed E-state index contributed by atoms with van der Waals surface area (Å²) in [7, 11) is 0. The second kappa shape index (κ2) is 6.87. The van der Waals surface area contributed by atoms with Gasteiger partial charge in [-0.3, -0.25) is 19.3 Å². The van der Waals surface area contributed by atoms with Crippen molar-refractivity contribution in [2.75, 3.05) is 5.32 Å². The monoisotopic (exact) mass is 406 g/mol. The first-order valence-corrected chi connectivity index (χ1v) is 9.45. The number of hydrogen-bond acceptors (Lipinski definition) is 4. The fourth-order valence-corrected chi connectivity index (χ4v) is 3.51. The Balaban J connectivity index is 1.75. The van der Waals surface area contributed by atoms with Crippen molar-refractivity contribution in [3.63, 3.8) is 0 Å². The van der Waals surface area contributed by atoms with E-state index >= 15 is 0 Å². The number of nitrogens with zero attached hydrogens (tertiary/aromatic N) is 2. The maximum absolute atomic E-state index is 13.1. The Hall–Kier alpha value is -3.88. The minimum atomic E-state index is -0.659. The molecule has 0 saturated carbocycles. The van der Waals surface area contributed by atoms with Crippen LogP contribution in [0.2, 0.25) is 0 Å². The van der Waals surface area contributed by atoms with Crippen LogP contribution in [0, 0.1) is 5.41 Å². The molecule has 30 heavy (non-hydrogen) atoms. The number of carbonyl (C=O) groups is 2. The molecule has 0 saturated heterocycles. The largest absolute Gasteiger partial charge is 0.364 e. The third kappa shape index (κ3) is 3.45. The van der Waals surface area contributed by atoms with Crippen molar-refractivity contribution in [3.05, 3.63) is 58.1 Å². The number of rotatable bonds is 4. The summed E-state index contributed by atoms with van der Waals surface area (Å²) < 4.78 is 1.59. The van der Waals surface area contributed by atoms with E-state index in [9.17, 15) is 14.4 Å². The second-order valence-corrected chi connectivity index (χ2v) is 8.43. The lowest BCUT2D eigenvalue weighted by molar-refractivity contribution is 0.0995. The molecule has 4 rings (SSSR count). The molecule has 5 N–H and O–H groups in total. The number of primary amides is 1. The highest BCUT2D eigenvalue weighted by molar-refractivity contribution is 6.12. The first-order chi connectivity index (χ1) is 14.1. The standard InChI is InChI=1S/C21H22N6O3/c1-21(2,3)10-27-17-12(5-4-6-15(17)24-20(27)30)19(29)23-11-7-8-14-13(9-11)16(18(22)28)26-25-14/h4-9H,10H2,1-3H3,(H2,22,28)(H,23,29)(H,24,30)(H,25,26). The molecule has 2 amide bonds. The van der Waals surface area contributed by atoms with Gasteiger partial charge in [-0.1, -0.05) is 26.8 Å². The highest BCUT2D eigenvalue weighted by Crippen LogP contribution is 2.24. The molecular formula is C21H22N6O3. The summed E-state index contributed by atoms with van der Waals surface area (Å²) >= 11 is 0. The van der Waals surface area contributed by atoms with Crippen molar-refractivity contribution in [2.45, 2.75) is 27.3 Å². The van der Waals surface area contributed by atoms with Crippen LogP contribution in [0.3, 0.4) is 0 Å². The quantitative estimate of drug-likeness (QED) is 0.414. The third-order valence-electron chi connectivity index (χ3n) is 4.72. The van der Waals surface area contributed by atoms with E-state index in [0.717, 1.165) is 0 Å². The minimum Gasteiger partial charge on any atom is -0.364 e. The summed E-state index contributed by atoms with van der Waals surface area (Å²) in [6.07, 6.45) is 0. The highest BCUT2D eigenvalue weighted by atomic mass is 16.2. The first-order valence-electron chi connectivity index (χ1n) is 9.45. The van der Waals surface area contributed by atoms with Gasteiger partial charge in [-0.15, -0.1) is 0 Å². The normalized spacial score (nSPS) is 11.8. The van der Waals surface area contributed by atoms with Crippen molar-refractivity contribution in [1.29, 1.82) is 0 Å². The zero-order chi connectivity index (χ0) is 21.6. The number of hydrogen-bond donors (Lipinski definition) is 4. The average molecular weight is 406 g/mol. The number of carbonyl (C=O) groups excluding carboxylic acids is 2. The van der Waals surface area contributed by atoms with Crippen LogP contribution in [0.25, 0.3) is 21.9 Å². The number of nitrogens with one attached hydrogen (secondary N) is 3. The van der Waals surface area contributed by atoms with Crippen LogP contribution < -0.4 is 16.7 Å². The zero-order valence-corrected chi connectivity index (χ0v) is 16.9. The Morgan fingerprint density at radius 2 is 1.93 bits per heavy atom. The summed E-state index contributed by atoms with van der Waals surface area (Å²) in [5.74, 6) is -1.03. The van der Waals surface area contributed by atoms with Crippen molar-refractivity contribution < 1.29 is 9.59 Å². The third-order valence-corrected chi connectivity index (χ3v) is 4.72. The molecule has 0 radical (unpaired) electrons. The lowest BCUT2D eigenvalue weighted by Gasteiger charge is -2.19. The van der Waals surface area contributed by atoms with Gasteiger partial charge in [0.25, 0.3) is 11.8 Å². The molecule has 0 aliphatic rings. The molecule has 2 aromatic carbocycles. The van der Waals surface area contributed by atoms with E-state index < -0.39 is 5.91 Å². The van der Waals surface area contributed by atoms with Crippen molar-refractivity contribution >= 4 is 39.4 Å². The summed E-state index contributed by atoms with van der Waals surface area (Å²) in [6, 6.07) is 10.2. The van der Waals surface area contributed by atoms with E-state index in [1.165, 1.54) is 0 Å². The summed E-state index contributed by atoms with van der Waals surface area (Å²) in [6.45, 7) is 6.53. The number of fused-ring (bicyclic) bond motifs is 2. The molecule has 154 valence electrons. The molecule has 0 spiro atoms. The van der Waals surface area contributed by atoms with Gasteiger partial charge in [0.05, 0.1) is 22.1 Å². The predicted molar refractivity (Wildman–Crippen MR) is 115 cm³/mol. The van der Waals surface area contributed by atoms with Crippen LogP contribution in [-0.2, 0) is 6.54 Å². The van der Waals surface area contributed by atoms with E-state index in [4.69, 9.17) is 5.73 Å². The SMILES string of the molecule is CC(C)(C)Cn1c(=O)[nH]c2cccc(C(=O)Nc3ccc4[nH]nc(C(N)=O)c4c3)c21. The van der Waals surface area contributed by atoms with Gasteiger partial charge in [0.1, 0.15) is 0 Å². The maximum Gasteiger partial charge on any atom is 0.326 e. The molecule has 2 aromatic heterocycles. The van der Waals surface area contributed by atoms with Gasteiger partial charge in [0.2, 0.25) is 0 Å². The van der Waals surface area contributed by atoms with E-state index in [2.05, 4.69) is 20.5 Å². The molecule has 0 fully saturated rings. The summed E-state index contributed by atoms with van der Waals surface area (Å²) in [4.78, 5) is 39.9. The van der Waals surface area contributed by atoms with Gasteiger partial charge in [0.15, 0.2) is 5.69 Å². The molecule has 0 atom stereocenters. The number of aromatic nitrogens is 4. The number of anilines is 1. The molecule has 0 aliphatic heterocycles. The predicted octanol–water partition coefficient (Wildman–Crippen LogP) is 2.60. The molecule has 4 aromatic rings. The molecule has 0 unspecified atom stereocenters. The fraction of sp³-hybridized carbons (Fsp3) is 0.238. The molecule has 0 aliphatic carbocycles. The molecule has 9 nitrogen and oxygen atoms in total. The van der Waals surface area contributed by atoms with Crippen molar-refractivity contribution in [2.24, 2.45) is 11.1 Å². The first kappa shape index (κ1) is 19.4. The summed E-state index contributed by atoms with van der Waals surface area (Å²) in [5.41, 5.74) is 7.68. The van der Waals surface area contributed by atoms with Gasteiger partial charge in [0, 0.05) is 17.6 Å².